The molecule has 2 rings (SSSR count). The molecule has 1 unspecified atom stereocenters. The Kier molecular flexibility index (Phi) is 4.77. The van der Waals surface area contributed by atoms with Crippen LogP contribution >= 0.6 is 15.9 Å². The highest BCUT2D eigenvalue weighted by Gasteiger charge is 2.23. The molecule has 0 amide bonds. The number of rotatable bonds is 5. The molecule has 0 aromatic heterocycles. The number of hydrogen-bond acceptors (Lipinski definition) is 3. The van der Waals surface area contributed by atoms with Crippen molar-refractivity contribution < 1.29 is 13.2 Å². The number of ether oxygens (including phenoxy) is 1. The summed E-state index contributed by atoms with van der Waals surface area (Å²) in [6, 6.07) is 7.56. The van der Waals surface area contributed by atoms with Crippen molar-refractivity contribution in [1.29, 1.82) is 0 Å². The molecule has 0 radical (unpaired) electrons. The quantitative estimate of drug-likeness (QED) is 0.897. The van der Waals surface area contributed by atoms with Gasteiger partial charge < -0.3 is 4.74 Å². The molecule has 1 aliphatic rings. The first-order valence-corrected chi connectivity index (χ1v) is 8.34. The van der Waals surface area contributed by atoms with Gasteiger partial charge in [-0.15, -0.1) is 0 Å². The van der Waals surface area contributed by atoms with Crippen LogP contribution in [-0.4, -0.2) is 26.9 Å². The van der Waals surface area contributed by atoms with Crippen molar-refractivity contribution in [3.8, 4) is 0 Å². The van der Waals surface area contributed by atoms with Crippen LogP contribution in [-0.2, 0) is 21.3 Å². The first kappa shape index (κ1) is 14.0. The van der Waals surface area contributed by atoms with E-state index in [1.807, 2.05) is 24.3 Å². The van der Waals surface area contributed by atoms with Crippen LogP contribution < -0.4 is 4.72 Å². The number of sulfonamides is 1. The molecule has 0 spiro atoms. The van der Waals surface area contributed by atoms with Crippen LogP contribution in [0.25, 0.3) is 0 Å². The summed E-state index contributed by atoms with van der Waals surface area (Å²) >= 11 is 3.39. The van der Waals surface area contributed by atoms with Crippen molar-refractivity contribution in [2.24, 2.45) is 0 Å². The van der Waals surface area contributed by atoms with Crippen molar-refractivity contribution in [3.05, 3.63) is 34.3 Å². The summed E-state index contributed by atoms with van der Waals surface area (Å²) in [5.74, 6) is 0.0530. The predicted molar refractivity (Wildman–Crippen MR) is 73.7 cm³/mol. The molecule has 1 aromatic rings. The van der Waals surface area contributed by atoms with Crippen molar-refractivity contribution in [1.82, 2.24) is 4.72 Å². The molecule has 1 heterocycles. The third kappa shape index (κ3) is 4.05. The van der Waals surface area contributed by atoms with E-state index >= 15 is 0 Å². The molecule has 100 valence electrons. The second-order valence-electron chi connectivity index (χ2n) is 4.33. The van der Waals surface area contributed by atoms with E-state index in [9.17, 15) is 8.42 Å². The molecule has 1 fully saturated rings. The average Bonchev–Trinajstić information content (AvgIpc) is 2.80. The van der Waals surface area contributed by atoms with E-state index in [-0.39, 0.29) is 11.9 Å². The third-order valence-electron chi connectivity index (χ3n) is 2.87. The van der Waals surface area contributed by atoms with Crippen LogP contribution in [0.1, 0.15) is 18.4 Å². The van der Waals surface area contributed by atoms with E-state index in [2.05, 4.69) is 20.7 Å². The summed E-state index contributed by atoms with van der Waals surface area (Å²) in [4.78, 5) is 0. The molecule has 0 saturated carbocycles. The van der Waals surface area contributed by atoms with Crippen LogP contribution in [0.15, 0.2) is 28.7 Å². The minimum atomic E-state index is -3.28. The number of benzene rings is 1. The Morgan fingerprint density at radius 2 is 2.17 bits per heavy atom. The number of halogens is 1. The highest BCUT2D eigenvalue weighted by molar-refractivity contribution is 9.10. The van der Waals surface area contributed by atoms with E-state index in [1.165, 1.54) is 0 Å². The molecular formula is C12H16BrNO3S. The average molecular weight is 334 g/mol. The second kappa shape index (κ2) is 6.14. The van der Waals surface area contributed by atoms with E-state index in [4.69, 9.17) is 4.74 Å². The third-order valence-corrected chi connectivity index (χ3v) is 5.04. The largest absolute Gasteiger partial charge is 0.377 e. The molecule has 1 saturated heterocycles. The van der Waals surface area contributed by atoms with Crippen LogP contribution in [0.2, 0.25) is 0 Å². The van der Waals surface area contributed by atoms with Crippen LogP contribution in [0.3, 0.4) is 0 Å². The normalized spacial score (nSPS) is 20.2. The summed E-state index contributed by atoms with van der Waals surface area (Å²) in [6.45, 7) is 0.973. The zero-order valence-electron chi connectivity index (χ0n) is 9.93. The van der Waals surface area contributed by atoms with Crippen LogP contribution in [0.4, 0.5) is 0 Å². The molecule has 0 aliphatic carbocycles. The Morgan fingerprint density at radius 1 is 1.39 bits per heavy atom. The minimum Gasteiger partial charge on any atom is -0.377 e. The van der Waals surface area contributed by atoms with E-state index in [0.29, 0.717) is 13.2 Å². The fourth-order valence-corrected chi connectivity index (χ4v) is 3.58. The summed E-state index contributed by atoms with van der Waals surface area (Å²) in [5.41, 5.74) is 0.924. The first-order chi connectivity index (χ1) is 8.57. The van der Waals surface area contributed by atoms with Gasteiger partial charge in [-0.3, -0.25) is 0 Å². The Labute approximate surface area is 116 Å². The Bertz CT molecular complexity index is 498. The lowest BCUT2D eigenvalue weighted by atomic mass is 10.2. The highest BCUT2D eigenvalue weighted by atomic mass is 79.9. The Hall–Kier alpha value is -0.430. The van der Waals surface area contributed by atoms with Gasteiger partial charge in [0.05, 0.1) is 11.9 Å². The molecule has 1 atom stereocenters. The molecule has 6 heteroatoms. The monoisotopic (exact) mass is 333 g/mol. The first-order valence-electron chi connectivity index (χ1n) is 5.89. The Balaban J connectivity index is 1.90. The van der Waals surface area contributed by atoms with Gasteiger partial charge in [0, 0.05) is 17.6 Å². The SMILES string of the molecule is O=S(=O)(CC1CCCO1)NCc1ccccc1Br. The zero-order chi connectivity index (χ0) is 13.0. The molecule has 1 aromatic carbocycles. The van der Waals surface area contributed by atoms with E-state index in [1.54, 1.807) is 0 Å². The fourth-order valence-electron chi connectivity index (χ4n) is 1.91. The maximum absolute atomic E-state index is 11.9. The highest BCUT2D eigenvalue weighted by Crippen LogP contribution is 2.17. The zero-order valence-corrected chi connectivity index (χ0v) is 12.3. The molecule has 1 N–H and O–H groups in total. The van der Waals surface area contributed by atoms with E-state index < -0.39 is 10.0 Å². The standard InChI is InChI=1S/C12H16BrNO3S/c13-12-6-2-1-4-10(12)8-14-18(15,16)9-11-5-3-7-17-11/h1-2,4,6,11,14H,3,5,7-9H2. The van der Waals surface area contributed by atoms with Gasteiger partial charge in [-0.2, -0.15) is 0 Å². The second-order valence-corrected chi connectivity index (χ2v) is 7.03. The minimum absolute atomic E-state index is 0.0530. The van der Waals surface area contributed by atoms with Crippen molar-refractivity contribution in [2.75, 3.05) is 12.4 Å². The molecule has 18 heavy (non-hydrogen) atoms. The van der Waals surface area contributed by atoms with Crippen molar-refractivity contribution in [2.45, 2.75) is 25.5 Å². The van der Waals surface area contributed by atoms with Crippen molar-refractivity contribution in [3.63, 3.8) is 0 Å². The van der Waals surface area contributed by atoms with Gasteiger partial charge in [0.25, 0.3) is 0 Å². The molecule has 4 nitrogen and oxygen atoms in total. The maximum atomic E-state index is 11.9. The molecular weight excluding hydrogens is 318 g/mol. The van der Waals surface area contributed by atoms with Gasteiger partial charge in [-0.05, 0) is 24.5 Å². The topological polar surface area (TPSA) is 55.4 Å². The molecule has 0 bridgehead atoms. The van der Waals surface area contributed by atoms with Crippen LogP contribution in [0, 0.1) is 0 Å². The van der Waals surface area contributed by atoms with Crippen molar-refractivity contribution >= 4 is 26.0 Å². The lowest BCUT2D eigenvalue weighted by Gasteiger charge is -2.11. The molecule has 1 aliphatic heterocycles. The van der Waals surface area contributed by atoms with Gasteiger partial charge >= 0.3 is 0 Å². The van der Waals surface area contributed by atoms with Gasteiger partial charge in [0.2, 0.25) is 10.0 Å². The smallest absolute Gasteiger partial charge is 0.214 e. The summed E-state index contributed by atoms with van der Waals surface area (Å²) in [5, 5.41) is 0. The van der Waals surface area contributed by atoms with Gasteiger partial charge in [-0.1, -0.05) is 34.1 Å². The Morgan fingerprint density at radius 3 is 2.83 bits per heavy atom. The number of hydrogen-bond donors (Lipinski definition) is 1. The summed E-state index contributed by atoms with van der Waals surface area (Å²) < 4.78 is 32.6. The summed E-state index contributed by atoms with van der Waals surface area (Å²) in [6.07, 6.45) is 1.63. The van der Waals surface area contributed by atoms with Gasteiger partial charge in [-0.25, -0.2) is 13.1 Å². The fraction of sp³-hybridized carbons (Fsp3) is 0.500. The lowest BCUT2D eigenvalue weighted by Crippen LogP contribution is -2.31. The van der Waals surface area contributed by atoms with Gasteiger partial charge in [0.15, 0.2) is 0 Å². The summed E-state index contributed by atoms with van der Waals surface area (Å²) in [7, 11) is -3.28. The lowest BCUT2D eigenvalue weighted by molar-refractivity contribution is 0.127. The maximum Gasteiger partial charge on any atom is 0.214 e. The van der Waals surface area contributed by atoms with E-state index in [0.717, 1.165) is 22.9 Å². The van der Waals surface area contributed by atoms with Gasteiger partial charge in [0.1, 0.15) is 0 Å². The number of nitrogens with one attached hydrogen (secondary N) is 1. The predicted octanol–water partition coefficient (Wildman–Crippen LogP) is 2.05. The van der Waals surface area contributed by atoms with Crippen LogP contribution in [0.5, 0.6) is 0 Å².